The van der Waals surface area contributed by atoms with Crippen molar-refractivity contribution < 1.29 is 14.3 Å². The average molecular weight is 381 g/mol. The van der Waals surface area contributed by atoms with Gasteiger partial charge in [0.2, 0.25) is 0 Å². The Morgan fingerprint density at radius 1 is 1.14 bits per heavy atom. The van der Waals surface area contributed by atoms with E-state index in [1.807, 2.05) is 68.3 Å². The molecule has 2 aliphatic heterocycles. The first-order valence-corrected chi connectivity index (χ1v) is 9.77. The average Bonchev–Trinajstić information content (AvgIpc) is 3.27. The highest BCUT2D eigenvalue weighted by molar-refractivity contribution is 5.70. The van der Waals surface area contributed by atoms with Crippen molar-refractivity contribution in [1.29, 1.82) is 0 Å². The highest BCUT2D eigenvalue weighted by Gasteiger charge is 2.46. The molecular formula is C22H27N3O3. The number of carbonyl (C=O) groups is 1. The monoisotopic (exact) mass is 381 g/mol. The minimum Gasteiger partial charge on any atom is -0.487 e. The molecule has 6 nitrogen and oxygen atoms in total. The number of aromatic nitrogens is 1. The molecule has 2 saturated heterocycles. The Morgan fingerprint density at radius 2 is 1.93 bits per heavy atom. The van der Waals surface area contributed by atoms with Crippen LogP contribution in [-0.2, 0) is 11.3 Å². The summed E-state index contributed by atoms with van der Waals surface area (Å²) in [5.41, 5.74) is 1.70. The van der Waals surface area contributed by atoms with E-state index in [2.05, 4.69) is 9.88 Å². The Balaban J connectivity index is 1.38. The maximum absolute atomic E-state index is 12.4. The van der Waals surface area contributed by atoms with Crippen LogP contribution in [0, 0.1) is 0 Å². The van der Waals surface area contributed by atoms with Gasteiger partial charge in [-0.15, -0.1) is 0 Å². The molecule has 1 aromatic carbocycles. The molecule has 2 bridgehead atoms. The maximum Gasteiger partial charge on any atom is 0.410 e. The third-order valence-corrected chi connectivity index (χ3v) is 5.15. The summed E-state index contributed by atoms with van der Waals surface area (Å²) >= 11 is 0. The molecule has 0 radical (unpaired) electrons. The summed E-state index contributed by atoms with van der Waals surface area (Å²) in [6, 6.07) is 12.6. The van der Waals surface area contributed by atoms with Gasteiger partial charge in [0.15, 0.2) is 0 Å². The largest absolute Gasteiger partial charge is 0.487 e. The molecule has 2 aliphatic rings. The van der Waals surface area contributed by atoms with E-state index >= 15 is 0 Å². The minimum absolute atomic E-state index is 0.189. The van der Waals surface area contributed by atoms with Crippen LogP contribution in [0.15, 0.2) is 48.8 Å². The molecule has 0 saturated carbocycles. The quantitative estimate of drug-likeness (QED) is 0.805. The van der Waals surface area contributed by atoms with Gasteiger partial charge in [0.1, 0.15) is 18.0 Å². The molecular weight excluding hydrogens is 354 g/mol. The smallest absolute Gasteiger partial charge is 0.410 e. The van der Waals surface area contributed by atoms with E-state index in [9.17, 15) is 4.79 Å². The summed E-state index contributed by atoms with van der Waals surface area (Å²) < 4.78 is 11.5. The van der Waals surface area contributed by atoms with Crippen LogP contribution in [0.1, 0.15) is 32.8 Å². The molecule has 1 amide bonds. The molecule has 2 fully saturated rings. The second-order valence-corrected chi connectivity index (χ2v) is 8.48. The number of rotatable bonds is 4. The van der Waals surface area contributed by atoms with E-state index in [0.29, 0.717) is 19.2 Å². The lowest BCUT2D eigenvalue weighted by Crippen LogP contribution is -2.50. The van der Waals surface area contributed by atoms with Gasteiger partial charge in [0, 0.05) is 25.2 Å². The molecule has 0 spiro atoms. The summed E-state index contributed by atoms with van der Waals surface area (Å²) in [6.07, 6.45) is 4.37. The van der Waals surface area contributed by atoms with E-state index in [4.69, 9.17) is 9.47 Å². The third kappa shape index (κ3) is 4.06. The Kier molecular flexibility index (Phi) is 4.87. The van der Waals surface area contributed by atoms with Crippen LogP contribution in [-0.4, -0.2) is 46.8 Å². The first-order chi connectivity index (χ1) is 13.4. The van der Waals surface area contributed by atoms with Crippen molar-refractivity contribution in [2.75, 3.05) is 18.0 Å². The lowest BCUT2D eigenvalue weighted by Gasteiger charge is -2.36. The highest BCUT2D eigenvalue weighted by atomic mass is 16.6. The predicted octanol–water partition coefficient (Wildman–Crippen LogP) is 3.86. The van der Waals surface area contributed by atoms with Gasteiger partial charge in [0.25, 0.3) is 0 Å². The molecule has 3 heterocycles. The van der Waals surface area contributed by atoms with E-state index in [-0.39, 0.29) is 12.1 Å². The van der Waals surface area contributed by atoms with Crippen LogP contribution in [0.3, 0.4) is 0 Å². The van der Waals surface area contributed by atoms with Crippen LogP contribution in [0.25, 0.3) is 0 Å². The number of anilines is 1. The van der Waals surface area contributed by atoms with E-state index < -0.39 is 5.60 Å². The van der Waals surface area contributed by atoms with Crippen molar-refractivity contribution >= 4 is 11.8 Å². The topological polar surface area (TPSA) is 54.9 Å². The number of carbonyl (C=O) groups excluding carboxylic acids is 1. The standard InChI is InChI=1S/C22H27N3O3/c1-22(2,3)28-21(26)25-14-18-9-19(25)13-24(18)17-10-20(12-23-11-17)27-15-16-7-5-4-6-8-16/h4-8,10-12,18-19H,9,13-15H2,1-3H3/t18-,19-/m0/s1. The zero-order chi connectivity index (χ0) is 19.7. The molecule has 1 aromatic heterocycles. The van der Waals surface area contributed by atoms with E-state index in [1.54, 1.807) is 6.20 Å². The van der Waals surface area contributed by atoms with E-state index in [1.165, 1.54) is 0 Å². The van der Waals surface area contributed by atoms with Crippen molar-refractivity contribution in [3.63, 3.8) is 0 Å². The Morgan fingerprint density at radius 3 is 2.61 bits per heavy atom. The molecule has 6 heteroatoms. The van der Waals surface area contributed by atoms with Gasteiger partial charge < -0.3 is 19.3 Å². The molecule has 4 rings (SSSR count). The highest BCUT2D eigenvalue weighted by Crippen LogP contribution is 2.36. The lowest BCUT2D eigenvalue weighted by atomic mass is 10.2. The molecule has 0 N–H and O–H groups in total. The lowest BCUT2D eigenvalue weighted by molar-refractivity contribution is 0.0214. The predicted molar refractivity (Wildman–Crippen MR) is 107 cm³/mol. The summed E-state index contributed by atoms with van der Waals surface area (Å²) in [6.45, 7) is 7.71. The maximum atomic E-state index is 12.4. The van der Waals surface area contributed by atoms with Gasteiger partial charge in [-0.05, 0) is 32.8 Å². The van der Waals surface area contributed by atoms with Gasteiger partial charge in [-0.25, -0.2) is 4.79 Å². The van der Waals surface area contributed by atoms with Gasteiger partial charge in [-0.2, -0.15) is 0 Å². The number of benzene rings is 1. The van der Waals surface area contributed by atoms with Crippen molar-refractivity contribution in [3.8, 4) is 5.75 Å². The van der Waals surface area contributed by atoms with Gasteiger partial charge in [-0.3, -0.25) is 4.98 Å². The summed E-state index contributed by atoms with van der Waals surface area (Å²) in [5.74, 6) is 0.758. The number of pyridine rings is 1. The van der Waals surface area contributed by atoms with Crippen LogP contribution in [0.2, 0.25) is 0 Å². The zero-order valence-corrected chi connectivity index (χ0v) is 16.7. The number of amides is 1. The number of fused-ring (bicyclic) bond motifs is 2. The van der Waals surface area contributed by atoms with Crippen molar-refractivity contribution in [1.82, 2.24) is 9.88 Å². The molecule has 148 valence electrons. The summed E-state index contributed by atoms with van der Waals surface area (Å²) in [4.78, 5) is 21.0. The summed E-state index contributed by atoms with van der Waals surface area (Å²) in [7, 11) is 0. The fourth-order valence-corrected chi connectivity index (χ4v) is 3.91. The number of hydrogen-bond donors (Lipinski definition) is 0. The number of hydrogen-bond acceptors (Lipinski definition) is 5. The van der Waals surface area contributed by atoms with Crippen molar-refractivity contribution in [2.24, 2.45) is 0 Å². The van der Waals surface area contributed by atoms with Gasteiger partial charge >= 0.3 is 6.09 Å². The number of likely N-dealkylation sites (tertiary alicyclic amines) is 1. The first kappa shape index (κ1) is 18.6. The molecule has 2 aromatic rings. The second kappa shape index (κ2) is 7.34. The van der Waals surface area contributed by atoms with Gasteiger partial charge in [0.05, 0.1) is 24.1 Å². The van der Waals surface area contributed by atoms with Crippen molar-refractivity contribution in [3.05, 3.63) is 54.4 Å². The fraction of sp³-hybridized carbons (Fsp3) is 0.455. The Labute approximate surface area is 166 Å². The SMILES string of the molecule is CC(C)(C)OC(=O)N1C[C@@H]2C[C@H]1CN2c1cncc(OCc2ccccc2)c1. The molecule has 2 atom stereocenters. The van der Waals surface area contributed by atoms with Crippen LogP contribution in [0.5, 0.6) is 5.75 Å². The number of piperazine rings is 1. The Hall–Kier alpha value is -2.76. The Bertz CT molecular complexity index is 834. The van der Waals surface area contributed by atoms with Crippen LogP contribution in [0.4, 0.5) is 10.5 Å². The van der Waals surface area contributed by atoms with Crippen LogP contribution >= 0.6 is 0 Å². The number of ether oxygens (including phenoxy) is 2. The normalized spacial score (nSPS) is 21.1. The minimum atomic E-state index is -0.465. The zero-order valence-electron chi connectivity index (χ0n) is 16.7. The van der Waals surface area contributed by atoms with E-state index in [0.717, 1.165) is 30.0 Å². The second-order valence-electron chi connectivity index (χ2n) is 8.48. The van der Waals surface area contributed by atoms with Gasteiger partial charge in [-0.1, -0.05) is 30.3 Å². The molecule has 28 heavy (non-hydrogen) atoms. The van der Waals surface area contributed by atoms with Crippen molar-refractivity contribution in [2.45, 2.75) is 51.5 Å². The van der Waals surface area contributed by atoms with Crippen LogP contribution < -0.4 is 9.64 Å². The first-order valence-electron chi connectivity index (χ1n) is 9.77. The fourth-order valence-electron chi connectivity index (χ4n) is 3.91. The number of nitrogens with zero attached hydrogens (tertiary/aromatic N) is 3. The summed E-state index contributed by atoms with van der Waals surface area (Å²) in [5, 5.41) is 0. The molecule has 0 aliphatic carbocycles. The molecule has 0 unspecified atom stereocenters. The third-order valence-electron chi connectivity index (χ3n) is 5.15.